The van der Waals surface area contributed by atoms with Gasteiger partial charge in [-0.15, -0.1) is 4.91 Å². The van der Waals surface area contributed by atoms with Crippen molar-refractivity contribution >= 4 is 15.9 Å². The third kappa shape index (κ3) is 5.19. The lowest BCUT2D eigenvalue weighted by atomic mass is 10.1. The van der Waals surface area contributed by atoms with E-state index in [1.165, 1.54) is 5.01 Å². The van der Waals surface area contributed by atoms with Crippen LogP contribution in [0.5, 0.6) is 11.5 Å². The van der Waals surface area contributed by atoms with E-state index in [9.17, 15) is 4.91 Å². The number of nitroso groups, excluding NO2 is 1. The fourth-order valence-corrected chi connectivity index (χ4v) is 2.70. The first kappa shape index (κ1) is 19.2. The van der Waals surface area contributed by atoms with Crippen molar-refractivity contribution in [1.29, 1.82) is 0 Å². The summed E-state index contributed by atoms with van der Waals surface area (Å²) in [4.78, 5) is 11.2. The van der Waals surface area contributed by atoms with Crippen molar-refractivity contribution in [2.75, 3.05) is 7.11 Å². The molecule has 134 valence electrons. The van der Waals surface area contributed by atoms with Crippen LogP contribution in [0, 0.1) is 4.91 Å². The molecule has 6 heteroatoms. The number of hydrogen-bond acceptors (Lipinski definition) is 4. The zero-order valence-corrected chi connectivity index (χ0v) is 16.5. The Bertz CT molecular complexity index is 715. The van der Waals surface area contributed by atoms with Crippen LogP contribution in [0.2, 0.25) is 0 Å². The Morgan fingerprint density at radius 1 is 1.12 bits per heavy atom. The Kier molecular flexibility index (Phi) is 6.42. The number of rotatable bonds is 7. The van der Waals surface area contributed by atoms with Gasteiger partial charge < -0.3 is 9.47 Å². The maximum absolute atomic E-state index is 11.2. The van der Waals surface area contributed by atoms with Gasteiger partial charge in [-0.25, -0.2) is 0 Å². The molecule has 0 spiro atoms. The van der Waals surface area contributed by atoms with Crippen molar-refractivity contribution in [3.8, 4) is 11.5 Å². The molecule has 25 heavy (non-hydrogen) atoms. The fraction of sp³-hybridized carbons (Fsp3) is 0.368. The third-order valence-corrected chi connectivity index (χ3v) is 4.50. The molecule has 0 aromatic heterocycles. The Labute approximate surface area is 157 Å². The average molecular weight is 407 g/mol. The van der Waals surface area contributed by atoms with Gasteiger partial charge in [-0.3, -0.25) is 5.01 Å². The topological polar surface area (TPSA) is 51.1 Å². The molecule has 2 rings (SSSR count). The molecule has 2 aromatic carbocycles. The molecule has 2 aromatic rings. The highest BCUT2D eigenvalue weighted by Gasteiger charge is 2.23. The highest BCUT2D eigenvalue weighted by atomic mass is 79.9. The van der Waals surface area contributed by atoms with Gasteiger partial charge in [0.25, 0.3) is 0 Å². The maximum atomic E-state index is 11.2. The molecule has 0 radical (unpaired) electrons. The molecule has 0 fully saturated rings. The van der Waals surface area contributed by atoms with Crippen molar-refractivity contribution in [3.63, 3.8) is 0 Å². The summed E-state index contributed by atoms with van der Waals surface area (Å²) in [6.07, 6.45) is 0. The summed E-state index contributed by atoms with van der Waals surface area (Å²) >= 11 is 3.54. The van der Waals surface area contributed by atoms with Crippen LogP contribution in [0.4, 0.5) is 0 Å². The molecular formula is C19H23BrN2O3. The van der Waals surface area contributed by atoms with Gasteiger partial charge in [0, 0.05) is 4.47 Å². The Hall–Kier alpha value is -2.08. The second-order valence-electron chi connectivity index (χ2n) is 6.68. The minimum atomic E-state index is -0.369. The van der Waals surface area contributed by atoms with E-state index < -0.39 is 0 Å². The van der Waals surface area contributed by atoms with E-state index in [0.29, 0.717) is 24.7 Å². The number of methoxy groups -OCH3 is 1. The lowest BCUT2D eigenvalue weighted by Crippen LogP contribution is -2.36. The molecule has 0 heterocycles. The predicted molar refractivity (Wildman–Crippen MR) is 103 cm³/mol. The number of nitrogens with zero attached hydrogens (tertiary/aromatic N) is 2. The summed E-state index contributed by atoms with van der Waals surface area (Å²) in [5.41, 5.74) is 1.60. The van der Waals surface area contributed by atoms with Crippen molar-refractivity contribution in [1.82, 2.24) is 5.01 Å². The van der Waals surface area contributed by atoms with E-state index in [-0.39, 0.29) is 5.54 Å². The van der Waals surface area contributed by atoms with Gasteiger partial charge in [0.05, 0.1) is 24.5 Å². The predicted octanol–water partition coefficient (Wildman–Crippen LogP) is 5.32. The molecule has 0 unspecified atom stereocenters. The van der Waals surface area contributed by atoms with Gasteiger partial charge >= 0.3 is 0 Å². The van der Waals surface area contributed by atoms with Crippen molar-refractivity contribution in [3.05, 3.63) is 63.0 Å². The lowest BCUT2D eigenvalue weighted by molar-refractivity contribution is 0.130. The molecule has 0 amide bonds. The van der Waals surface area contributed by atoms with Gasteiger partial charge in [0.1, 0.15) is 6.61 Å². The number of ether oxygens (including phenoxy) is 2. The average Bonchev–Trinajstić information content (AvgIpc) is 2.59. The highest BCUT2D eigenvalue weighted by molar-refractivity contribution is 9.10. The van der Waals surface area contributed by atoms with Crippen LogP contribution in [0.3, 0.4) is 0 Å². The monoisotopic (exact) mass is 406 g/mol. The van der Waals surface area contributed by atoms with Crippen molar-refractivity contribution in [2.45, 2.75) is 39.5 Å². The van der Waals surface area contributed by atoms with Crippen LogP contribution in [-0.2, 0) is 13.2 Å². The van der Waals surface area contributed by atoms with Crippen LogP contribution in [0.25, 0.3) is 0 Å². The maximum Gasteiger partial charge on any atom is 0.162 e. The zero-order chi connectivity index (χ0) is 18.4. The Morgan fingerprint density at radius 2 is 1.80 bits per heavy atom. The van der Waals surface area contributed by atoms with Crippen LogP contribution in [-0.4, -0.2) is 17.7 Å². The number of halogens is 1. The summed E-state index contributed by atoms with van der Waals surface area (Å²) < 4.78 is 12.2. The van der Waals surface area contributed by atoms with E-state index in [4.69, 9.17) is 9.47 Å². The van der Waals surface area contributed by atoms with Gasteiger partial charge in [0.15, 0.2) is 11.5 Å². The van der Waals surface area contributed by atoms with E-state index in [1.54, 1.807) is 7.11 Å². The van der Waals surface area contributed by atoms with Gasteiger partial charge in [0.2, 0.25) is 0 Å². The lowest BCUT2D eigenvalue weighted by Gasteiger charge is -2.30. The molecule has 0 aliphatic rings. The standard InChI is InChI=1S/C19H23BrN2O3/c1-19(2,3)22(21-23)12-15-10-18(17(24-4)11-16(15)20)25-13-14-8-6-5-7-9-14/h5-11H,12-13H2,1-4H3. The SMILES string of the molecule is COc1cc(Br)c(CN(N=O)C(C)(C)C)cc1OCc1ccccc1. The largest absolute Gasteiger partial charge is 0.493 e. The summed E-state index contributed by atoms with van der Waals surface area (Å²) in [7, 11) is 1.60. The molecule has 0 bridgehead atoms. The first-order chi connectivity index (χ1) is 11.8. The smallest absolute Gasteiger partial charge is 0.162 e. The summed E-state index contributed by atoms with van der Waals surface area (Å²) in [6, 6.07) is 13.7. The van der Waals surface area contributed by atoms with Crippen LogP contribution < -0.4 is 9.47 Å². The van der Waals surface area contributed by atoms with Crippen molar-refractivity contribution < 1.29 is 9.47 Å². The molecule has 0 aliphatic carbocycles. The molecule has 0 atom stereocenters. The van der Waals surface area contributed by atoms with Crippen LogP contribution in [0.1, 0.15) is 31.9 Å². The Morgan fingerprint density at radius 3 is 2.36 bits per heavy atom. The third-order valence-electron chi connectivity index (χ3n) is 3.76. The second kappa shape index (κ2) is 8.34. The Balaban J connectivity index is 2.25. The first-order valence-electron chi connectivity index (χ1n) is 7.99. The molecule has 0 saturated carbocycles. The zero-order valence-electron chi connectivity index (χ0n) is 15.0. The highest BCUT2D eigenvalue weighted by Crippen LogP contribution is 2.35. The van der Waals surface area contributed by atoms with E-state index in [2.05, 4.69) is 21.2 Å². The van der Waals surface area contributed by atoms with Gasteiger partial charge in [-0.1, -0.05) is 46.3 Å². The molecule has 0 N–H and O–H groups in total. The quantitative estimate of drug-likeness (QED) is 0.461. The van der Waals surface area contributed by atoms with Gasteiger partial charge in [-0.05, 0) is 44.0 Å². The molecule has 0 saturated heterocycles. The second-order valence-corrected chi connectivity index (χ2v) is 7.53. The van der Waals surface area contributed by atoms with E-state index in [1.807, 2.05) is 63.2 Å². The van der Waals surface area contributed by atoms with Crippen LogP contribution >= 0.6 is 15.9 Å². The summed E-state index contributed by atoms with van der Waals surface area (Å²) in [6.45, 7) is 6.64. The minimum Gasteiger partial charge on any atom is -0.493 e. The molecule has 0 aliphatic heterocycles. The first-order valence-corrected chi connectivity index (χ1v) is 8.78. The summed E-state index contributed by atoms with van der Waals surface area (Å²) in [5.74, 6) is 1.26. The normalized spacial score (nSPS) is 11.1. The fourth-order valence-electron chi connectivity index (χ4n) is 2.26. The molecule has 5 nitrogen and oxygen atoms in total. The van der Waals surface area contributed by atoms with Crippen molar-refractivity contribution in [2.24, 2.45) is 5.29 Å². The molecular weight excluding hydrogens is 384 g/mol. The number of benzene rings is 2. The summed E-state index contributed by atoms with van der Waals surface area (Å²) in [5, 5.41) is 4.65. The van der Waals surface area contributed by atoms with E-state index in [0.717, 1.165) is 15.6 Å². The van der Waals surface area contributed by atoms with E-state index >= 15 is 0 Å². The van der Waals surface area contributed by atoms with Gasteiger partial charge in [-0.2, -0.15) is 0 Å². The minimum absolute atomic E-state index is 0.369. The van der Waals surface area contributed by atoms with Crippen LogP contribution in [0.15, 0.2) is 52.2 Å². The number of hydrogen-bond donors (Lipinski definition) is 0.